The lowest BCUT2D eigenvalue weighted by atomic mass is 9.90. The van der Waals surface area contributed by atoms with E-state index in [-0.39, 0.29) is 5.92 Å². The third kappa shape index (κ3) is 2.97. The van der Waals surface area contributed by atoms with Crippen molar-refractivity contribution >= 4 is 10.9 Å². The minimum Gasteiger partial charge on any atom is -0.493 e. The lowest BCUT2D eigenvalue weighted by Gasteiger charge is -2.17. The molecule has 0 amide bonds. The van der Waals surface area contributed by atoms with Crippen LogP contribution < -0.4 is 15.2 Å². The molecule has 1 aromatic heterocycles. The third-order valence-electron chi connectivity index (χ3n) is 4.57. The maximum atomic E-state index is 6.13. The third-order valence-corrected chi connectivity index (χ3v) is 4.57. The number of benzene rings is 2. The first-order chi connectivity index (χ1) is 11.7. The van der Waals surface area contributed by atoms with Gasteiger partial charge in [-0.25, -0.2) is 0 Å². The molecule has 0 bridgehead atoms. The molecule has 1 heterocycles. The van der Waals surface area contributed by atoms with E-state index in [4.69, 9.17) is 15.2 Å². The van der Waals surface area contributed by atoms with Crippen molar-refractivity contribution in [1.82, 2.24) is 4.98 Å². The lowest BCUT2D eigenvalue weighted by molar-refractivity contribution is 0.354. The average Bonchev–Trinajstić information content (AvgIpc) is 2.95. The fraction of sp³-hybridized carbons (Fsp3) is 0.300. The number of nitrogens with one attached hydrogen (secondary N) is 1. The number of rotatable bonds is 6. The van der Waals surface area contributed by atoms with Gasteiger partial charge in [0.2, 0.25) is 0 Å². The number of aryl methyl sites for hydroxylation is 1. The van der Waals surface area contributed by atoms with Gasteiger partial charge in [-0.15, -0.1) is 0 Å². The first-order valence-corrected chi connectivity index (χ1v) is 8.16. The molecule has 0 radical (unpaired) electrons. The number of hydrogen-bond donors (Lipinski definition) is 2. The Labute approximate surface area is 142 Å². The second-order valence-corrected chi connectivity index (χ2v) is 6.04. The summed E-state index contributed by atoms with van der Waals surface area (Å²) in [6.45, 7) is 2.71. The van der Waals surface area contributed by atoms with Gasteiger partial charge >= 0.3 is 0 Å². The van der Waals surface area contributed by atoms with Gasteiger partial charge in [-0.1, -0.05) is 24.3 Å². The van der Waals surface area contributed by atoms with Crippen molar-refractivity contribution in [3.8, 4) is 11.5 Å². The number of aromatic nitrogens is 1. The molecule has 0 spiro atoms. The van der Waals surface area contributed by atoms with Crippen LogP contribution in [0.25, 0.3) is 10.9 Å². The first kappa shape index (κ1) is 16.4. The van der Waals surface area contributed by atoms with Crippen molar-refractivity contribution < 1.29 is 9.47 Å². The molecule has 0 saturated heterocycles. The summed E-state index contributed by atoms with van der Waals surface area (Å²) in [5, 5.41) is 1.26. The molecule has 0 aliphatic carbocycles. The second kappa shape index (κ2) is 6.97. The first-order valence-electron chi connectivity index (χ1n) is 8.16. The highest BCUT2D eigenvalue weighted by atomic mass is 16.5. The van der Waals surface area contributed by atoms with E-state index in [9.17, 15) is 0 Å². The van der Waals surface area contributed by atoms with Gasteiger partial charge in [-0.3, -0.25) is 0 Å². The number of nitrogens with two attached hydrogens (primary N) is 1. The number of methoxy groups -OCH3 is 2. The molecule has 4 heteroatoms. The molecule has 1 atom stereocenters. The molecule has 0 saturated carbocycles. The Morgan fingerprint density at radius 2 is 1.79 bits per heavy atom. The van der Waals surface area contributed by atoms with E-state index in [1.165, 1.54) is 22.2 Å². The molecule has 1 unspecified atom stereocenters. The van der Waals surface area contributed by atoms with Crippen molar-refractivity contribution in [2.75, 3.05) is 20.8 Å². The summed E-state index contributed by atoms with van der Waals surface area (Å²) in [7, 11) is 3.31. The van der Waals surface area contributed by atoms with Crippen LogP contribution in [0.15, 0.2) is 42.5 Å². The fourth-order valence-electron chi connectivity index (χ4n) is 3.42. The van der Waals surface area contributed by atoms with Crippen LogP contribution in [-0.2, 0) is 6.42 Å². The molecule has 3 N–H and O–H groups in total. The Balaban J connectivity index is 1.96. The van der Waals surface area contributed by atoms with Gasteiger partial charge in [0.25, 0.3) is 0 Å². The highest BCUT2D eigenvalue weighted by Crippen LogP contribution is 2.33. The van der Waals surface area contributed by atoms with Gasteiger partial charge in [0, 0.05) is 22.5 Å². The molecule has 0 aliphatic rings. The van der Waals surface area contributed by atoms with E-state index in [2.05, 4.69) is 36.2 Å². The van der Waals surface area contributed by atoms with Crippen LogP contribution in [0, 0.1) is 6.92 Å². The van der Waals surface area contributed by atoms with Crippen LogP contribution in [-0.4, -0.2) is 25.7 Å². The zero-order chi connectivity index (χ0) is 17.1. The quantitative estimate of drug-likeness (QED) is 0.725. The van der Waals surface area contributed by atoms with Gasteiger partial charge in [-0.05, 0) is 49.2 Å². The Morgan fingerprint density at radius 3 is 2.50 bits per heavy atom. The van der Waals surface area contributed by atoms with Gasteiger partial charge in [0.1, 0.15) is 0 Å². The average molecular weight is 324 g/mol. The fourth-order valence-corrected chi connectivity index (χ4v) is 3.42. The predicted molar refractivity (Wildman–Crippen MR) is 98.1 cm³/mol. The summed E-state index contributed by atoms with van der Waals surface area (Å²) in [6, 6.07) is 14.4. The summed E-state index contributed by atoms with van der Waals surface area (Å²) in [5.41, 5.74) is 11.0. The number of ether oxygens (including phenoxy) is 2. The molecule has 0 fully saturated rings. The van der Waals surface area contributed by atoms with Crippen LogP contribution in [0.4, 0.5) is 0 Å². The van der Waals surface area contributed by atoms with E-state index < -0.39 is 0 Å². The van der Waals surface area contributed by atoms with E-state index in [0.717, 1.165) is 23.4 Å². The minimum absolute atomic E-state index is 0.249. The molecular formula is C20H24N2O2. The number of H-pyrrole nitrogens is 1. The van der Waals surface area contributed by atoms with Crippen molar-refractivity contribution in [2.24, 2.45) is 5.73 Å². The van der Waals surface area contributed by atoms with E-state index in [0.29, 0.717) is 6.54 Å². The number of para-hydroxylation sites is 1. The molecule has 126 valence electrons. The van der Waals surface area contributed by atoms with Crippen molar-refractivity contribution in [3.63, 3.8) is 0 Å². The molecule has 0 aliphatic heterocycles. The second-order valence-electron chi connectivity index (χ2n) is 6.04. The number of aromatic amines is 1. The number of hydrogen-bond acceptors (Lipinski definition) is 3. The van der Waals surface area contributed by atoms with Crippen LogP contribution >= 0.6 is 0 Å². The summed E-state index contributed by atoms with van der Waals surface area (Å²) >= 11 is 0. The van der Waals surface area contributed by atoms with Crippen LogP contribution in [0.5, 0.6) is 11.5 Å². The predicted octanol–water partition coefficient (Wildman–Crippen LogP) is 3.78. The molecule has 24 heavy (non-hydrogen) atoms. The van der Waals surface area contributed by atoms with Gasteiger partial charge in [0.15, 0.2) is 11.5 Å². The molecule has 4 nitrogen and oxygen atoms in total. The van der Waals surface area contributed by atoms with E-state index in [1.54, 1.807) is 14.2 Å². The topological polar surface area (TPSA) is 60.3 Å². The smallest absolute Gasteiger partial charge is 0.160 e. The summed E-state index contributed by atoms with van der Waals surface area (Å²) < 4.78 is 10.7. The molecular weight excluding hydrogens is 300 g/mol. The monoisotopic (exact) mass is 324 g/mol. The highest BCUT2D eigenvalue weighted by molar-refractivity contribution is 5.85. The Kier molecular flexibility index (Phi) is 4.76. The molecule has 3 rings (SSSR count). The normalized spacial score (nSPS) is 12.3. The minimum atomic E-state index is 0.249. The Morgan fingerprint density at radius 1 is 1.04 bits per heavy atom. The maximum Gasteiger partial charge on any atom is 0.160 e. The van der Waals surface area contributed by atoms with Gasteiger partial charge < -0.3 is 20.2 Å². The van der Waals surface area contributed by atoms with Gasteiger partial charge in [-0.2, -0.15) is 0 Å². The number of fused-ring (bicyclic) bond motifs is 1. The van der Waals surface area contributed by atoms with Crippen LogP contribution in [0.1, 0.15) is 22.7 Å². The zero-order valence-corrected chi connectivity index (χ0v) is 14.4. The Bertz CT molecular complexity index is 839. The standard InChI is InChI=1S/C20H24N2O2/c1-13-20(16-6-4-5-7-17(16)22-13)15(12-21)10-14-8-9-18(23-2)19(11-14)24-3/h4-9,11,15,22H,10,12,21H2,1-3H3. The summed E-state index contributed by atoms with van der Waals surface area (Å²) in [5.74, 6) is 1.74. The maximum absolute atomic E-state index is 6.13. The summed E-state index contributed by atoms with van der Waals surface area (Å²) in [6.07, 6.45) is 0.861. The SMILES string of the molecule is COc1ccc(CC(CN)c2c(C)[nH]c3ccccc23)cc1OC. The zero-order valence-electron chi connectivity index (χ0n) is 14.4. The van der Waals surface area contributed by atoms with E-state index >= 15 is 0 Å². The van der Waals surface area contributed by atoms with Crippen molar-refractivity contribution in [3.05, 3.63) is 59.3 Å². The Hall–Kier alpha value is -2.46. The highest BCUT2D eigenvalue weighted by Gasteiger charge is 2.19. The van der Waals surface area contributed by atoms with Crippen molar-refractivity contribution in [2.45, 2.75) is 19.3 Å². The largest absolute Gasteiger partial charge is 0.493 e. The van der Waals surface area contributed by atoms with Crippen LogP contribution in [0.3, 0.4) is 0 Å². The molecule has 3 aromatic rings. The molecule has 2 aromatic carbocycles. The lowest BCUT2D eigenvalue weighted by Crippen LogP contribution is -2.15. The van der Waals surface area contributed by atoms with E-state index in [1.807, 2.05) is 18.2 Å². The van der Waals surface area contributed by atoms with Crippen LogP contribution in [0.2, 0.25) is 0 Å². The van der Waals surface area contributed by atoms with Crippen molar-refractivity contribution in [1.29, 1.82) is 0 Å². The summed E-state index contributed by atoms with van der Waals surface area (Å²) in [4.78, 5) is 3.47. The van der Waals surface area contributed by atoms with Gasteiger partial charge in [0.05, 0.1) is 14.2 Å².